The van der Waals surface area contributed by atoms with E-state index in [1.165, 1.54) is 25.7 Å². The van der Waals surface area contributed by atoms with Crippen molar-refractivity contribution in [2.75, 3.05) is 13.1 Å². The Bertz CT molecular complexity index is 529. The number of carbonyl (C=O) groups is 1. The van der Waals surface area contributed by atoms with Gasteiger partial charge in [-0.3, -0.25) is 4.79 Å². The summed E-state index contributed by atoms with van der Waals surface area (Å²) in [4.78, 5) is 14.5. The summed E-state index contributed by atoms with van der Waals surface area (Å²) in [5, 5.41) is 8.80. The summed E-state index contributed by atoms with van der Waals surface area (Å²) >= 11 is 0. The second-order valence-electron chi connectivity index (χ2n) is 6.03. The lowest BCUT2D eigenvalue weighted by molar-refractivity contribution is 0.0521. The number of fused-ring (bicyclic) bond motifs is 1. The van der Waals surface area contributed by atoms with Crippen molar-refractivity contribution in [3.8, 4) is 6.07 Å². The fraction of sp³-hybridized carbons (Fsp3) is 0.529. The van der Waals surface area contributed by atoms with Gasteiger partial charge in [0, 0.05) is 18.7 Å². The Hall–Kier alpha value is -1.82. The van der Waals surface area contributed by atoms with E-state index in [1.54, 1.807) is 24.3 Å². The van der Waals surface area contributed by atoms with Crippen LogP contribution in [0, 0.1) is 23.2 Å². The highest BCUT2D eigenvalue weighted by molar-refractivity contribution is 5.94. The number of nitrogens with zero attached hydrogens (tertiary/aromatic N) is 2. The van der Waals surface area contributed by atoms with Crippen LogP contribution in [0.4, 0.5) is 0 Å². The van der Waals surface area contributed by atoms with E-state index in [9.17, 15) is 4.79 Å². The first-order valence-electron chi connectivity index (χ1n) is 7.57. The molecule has 1 aromatic carbocycles. The van der Waals surface area contributed by atoms with E-state index in [4.69, 9.17) is 5.26 Å². The Balaban J connectivity index is 1.69. The number of amides is 1. The molecule has 0 N–H and O–H groups in total. The lowest BCUT2D eigenvalue weighted by atomic mass is 9.75. The second-order valence-corrected chi connectivity index (χ2v) is 6.03. The molecular weight excluding hydrogens is 248 g/mol. The molecule has 3 heteroatoms. The maximum Gasteiger partial charge on any atom is 0.253 e. The third-order valence-electron chi connectivity index (χ3n) is 4.84. The smallest absolute Gasteiger partial charge is 0.253 e. The minimum absolute atomic E-state index is 0.124. The number of rotatable bonds is 1. The average molecular weight is 268 g/mol. The van der Waals surface area contributed by atoms with E-state index in [1.807, 2.05) is 4.90 Å². The van der Waals surface area contributed by atoms with Gasteiger partial charge in [-0.2, -0.15) is 5.26 Å². The Labute approximate surface area is 120 Å². The van der Waals surface area contributed by atoms with Crippen LogP contribution in [0.3, 0.4) is 0 Å². The van der Waals surface area contributed by atoms with Gasteiger partial charge < -0.3 is 4.90 Å². The molecule has 1 saturated carbocycles. The molecule has 1 aromatic rings. The van der Waals surface area contributed by atoms with Crippen LogP contribution in [0.2, 0.25) is 0 Å². The quantitative estimate of drug-likeness (QED) is 0.785. The largest absolute Gasteiger partial charge is 0.338 e. The molecular formula is C17H20N2O. The SMILES string of the molecule is N#Cc1ccc(C(=O)N2CC[C@H]3CCCC[C@H]3C2)cc1. The molecule has 0 aromatic heterocycles. The molecule has 0 bridgehead atoms. The minimum Gasteiger partial charge on any atom is -0.338 e. The van der Waals surface area contributed by atoms with Crippen molar-refractivity contribution in [2.45, 2.75) is 32.1 Å². The lowest BCUT2D eigenvalue weighted by Gasteiger charge is -2.41. The predicted molar refractivity (Wildman–Crippen MR) is 77.1 cm³/mol. The second kappa shape index (κ2) is 5.66. The number of hydrogen-bond acceptors (Lipinski definition) is 2. The number of carbonyl (C=O) groups excluding carboxylic acids is 1. The van der Waals surface area contributed by atoms with Gasteiger partial charge in [-0.1, -0.05) is 19.3 Å². The highest BCUT2D eigenvalue weighted by Gasteiger charge is 2.33. The molecule has 3 rings (SSSR count). The van der Waals surface area contributed by atoms with Crippen LogP contribution >= 0.6 is 0 Å². The normalized spacial score (nSPS) is 25.6. The van der Waals surface area contributed by atoms with Crippen LogP contribution in [0.1, 0.15) is 48.0 Å². The monoisotopic (exact) mass is 268 g/mol. The van der Waals surface area contributed by atoms with Gasteiger partial charge in [-0.15, -0.1) is 0 Å². The molecule has 1 saturated heterocycles. The van der Waals surface area contributed by atoms with E-state index in [-0.39, 0.29) is 5.91 Å². The van der Waals surface area contributed by atoms with E-state index < -0.39 is 0 Å². The Morgan fingerprint density at radius 2 is 1.80 bits per heavy atom. The molecule has 3 nitrogen and oxygen atoms in total. The number of nitriles is 1. The van der Waals surface area contributed by atoms with Gasteiger partial charge in [0.1, 0.15) is 0 Å². The maximum atomic E-state index is 12.5. The van der Waals surface area contributed by atoms with Gasteiger partial charge in [-0.05, 0) is 48.9 Å². The predicted octanol–water partition coefficient (Wildman–Crippen LogP) is 3.21. The first-order chi connectivity index (χ1) is 9.78. The Kier molecular flexibility index (Phi) is 3.73. The van der Waals surface area contributed by atoms with Crippen molar-refractivity contribution in [1.29, 1.82) is 5.26 Å². The van der Waals surface area contributed by atoms with Gasteiger partial charge in [0.25, 0.3) is 5.91 Å². The zero-order valence-corrected chi connectivity index (χ0v) is 11.7. The van der Waals surface area contributed by atoms with Gasteiger partial charge in [0.2, 0.25) is 0 Å². The van der Waals surface area contributed by atoms with Crippen LogP contribution in [0.25, 0.3) is 0 Å². The number of likely N-dealkylation sites (tertiary alicyclic amines) is 1. The van der Waals surface area contributed by atoms with Crippen LogP contribution in [0.15, 0.2) is 24.3 Å². The minimum atomic E-state index is 0.124. The summed E-state index contributed by atoms with van der Waals surface area (Å²) in [6.07, 6.45) is 6.48. The maximum absolute atomic E-state index is 12.5. The zero-order valence-electron chi connectivity index (χ0n) is 11.7. The van der Waals surface area contributed by atoms with Crippen molar-refractivity contribution >= 4 is 5.91 Å². The lowest BCUT2D eigenvalue weighted by Crippen LogP contribution is -2.44. The fourth-order valence-corrected chi connectivity index (χ4v) is 3.66. The Morgan fingerprint density at radius 3 is 2.50 bits per heavy atom. The summed E-state index contributed by atoms with van der Waals surface area (Å²) < 4.78 is 0. The molecule has 0 unspecified atom stereocenters. The number of piperidine rings is 1. The third kappa shape index (κ3) is 2.56. The van der Waals surface area contributed by atoms with Crippen LogP contribution in [-0.2, 0) is 0 Å². The highest BCUT2D eigenvalue weighted by Crippen LogP contribution is 2.36. The van der Waals surface area contributed by atoms with E-state index in [0.717, 1.165) is 25.4 Å². The molecule has 1 amide bonds. The Morgan fingerprint density at radius 1 is 1.10 bits per heavy atom. The fourth-order valence-electron chi connectivity index (χ4n) is 3.66. The topological polar surface area (TPSA) is 44.1 Å². The molecule has 0 spiro atoms. The van der Waals surface area contributed by atoms with Crippen molar-refractivity contribution < 1.29 is 4.79 Å². The first kappa shape index (κ1) is 13.2. The average Bonchev–Trinajstić information content (AvgIpc) is 2.54. The molecule has 1 aliphatic carbocycles. The molecule has 20 heavy (non-hydrogen) atoms. The van der Waals surface area contributed by atoms with Gasteiger partial charge >= 0.3 is 0 Å². The first-order valence-corrected chi connectivity index (χ1v) is 7.57. The molecule has 0 radical (unpaired) electrons. The van der Waals surface area contributed by atoms with Crippen LogP contribution in [-0.4, -0.2) is 23.9 Å². The van der Waals surface area contributed by atoms with Gasteiger partial charge in [0.05, 0.1) is 11.6 Å². The zero-order chi connectivity index (χ0) is 13.9. The molecule has 1 heterocycles. The van der Waals surface area contributed by atoms with E-state index >= 15 is 0 Å². The van der Waals surface area contributed by atoms with Crippen molar-refractivity contribution in [3.63, 3.8) is 0 Å². The summed E-state index contributed by atoms with van der Waals surface area (Å²) in [5.74, 6) is 1.67. The summed E-state index contributed by atoms with van der Waals surface area (Å²) in [6.45, 7) is 1.81. The molecule has 2 fully saturated rings. The van der Waals surface area contributed by atoms with Crippen molar-refractivity contribution in [1.82, 2.24) is 4.90 Å². The summed E-state index contributed by atoms with van der Waals surface area (Å²) in [5.41, 5.74) is 1.31. The number of hydrogen-bond donors (Lipinski definition) is 0. The van der Waals surface area contributed by atoms with Gasteiger partial charge in [-0.25, -0.2) is 0 Å². The third-order valence-corrected chi connectivity index (χ3v) is 4.84. The van der Waals surface area contributed by atoms with E-state index in [2.05, 4.69) is 6.07 Å². The molecule has 2 aliphatic rings. The van der Waals surface area contributed by atoms with Gasteiger partial charge in [0.15, 0.2) is 0 Å². The summed E-state index contributed by atoms with van der Waals surface area (Å²) in [7, 11) is 0. The molecule has 1 aliphatic heterocycles. The van der Waals surface area contributed by atoms with Crippen LogP contribution in [0.5, 0.6) is 0 Å². The van der Waals surface area contributed by atoms with Crippen molar-refractivity contribution in [3.05, 3.63) is 35.4 Å². The standard InChI is InChI=1S/C17H20N2O/c18-11-13-5-7-15(8-6-13)17(20)19-10-9-14-3-1-2-4-16(14)12-19/h5-8,14,16H,1-4,9-10,12H2/t14-,16+/m1/s1. The molecule has 2 atom stereocenters. The number of benzene rings is 1. The van der Waals surface area contributed by atoms with Crippen LogP contribution < -0.4 is 0 Å². The molecule has 104 valence electrons. The summed E-state index contributed by atoms with van der Waals surface area (Å²) in [6, 6.07) is 9.07. The van der Waals surface area contributed by atoms with E-state index in [0.29, 0.717) is 17.0 Å². The highest BCUT2D eigenvalue weighted by atomic mass is 16.2. The van der Waals surface area contributed by atoms with Crippen molar-refractivity contribution in [2.24, 2.45) is 11.8 Å².